The summed E-state index contributed by atoms with van der Waals surface area (Å²) in [6, 6.07) is 11.8. The average Bonchev–Trinajstić information content (AvgIpc) is 2.68. The first-order valence-corrected chi connectivity index (χ1v) is 8.91. The summed E-state index contributed by atoms with van der Waals surface area (Å²) < 4.78 is 0. The number of nitro benzene ring substituents is 1. The number of piperidine rings is 1. The summed E-state index contributed by atoms with van der Waals surface area (Å²) in [6.45, 7) is -0.0903. The van der Waals surface area contributed by atoms with Crippen molar-refractivity contribution in [3.63, 3.8) is 0 Å². The third kappa shape index (κ3) is 4.01. The van der Waals surface area contributed by atoms with Crippen LogP contribution in [0.4, 0.5) is 5.69 Å². The predicted molar refractivity (Wildman–Crippen MR) is 100 cm³/mol. The molecular weight excluding hydrogens is 386 g/mol. The lowest BCUT2D eigenvalue weighted by Crippen LogP contribution is -2.54. The molecule has 0 aromatic heterocycles. The summed E-state index contributed by atoms with van der Waals surface area (Å²) in [7, 11) is 0. The highest BCUT2D eigenvalue weighted by Gasteiger charge is 2.35. The maximum absolute atomic E-state index is 13.1. The van der Waals surface area contributed by atoms with Crippen LogP contribution >= 0.6 is 11.6 Å². The normalized spacial score (nSPS) is 14.1. The van der Waals surface area contributed by atoms with E-state index in [1.54, 1.807) is 24.3 Å². The van der Waals surface area contributed by atoms with Gasteiger partial charge in [-0.3, -0.25) is 24.5 Å². The Kier molecular flexibility index (Phi) is 5.70. The van der Waals surface area contributed by atoms with Crippen LogP contribution in [0.3, 0.4) is 0 Å². The van der Waals surface area contributed by atoms with E-state index in [-0.39, 0.29) is 30.6 Å². The molecule has 2 aromatic rings. The number of hydrogen-bond donors (Lipinski definition) is 0. The van der Waals surface area contributed by atoms with Crippen LogP contribution in [0, 0.1) is 10.1 Å². The van der Waals surface area contributed by atoms with Crippen molar-refractivity contribution in [3.8, 4) is 0 Å². The molecule has 0 radical (unpaired) electrons. The van der Waals surface area contributed by atoms with E-state index < -0.39 is 22.6 Å². The van der Waals surface area contributed by atoms with Crippen LogP contribution in [0.25, 0.3) is 0 Å². The molecule has 1 fully saturated rings. The minimum atomic E-state index is -0.626. The fourth-order valence-electron chi connectivity index (χ4n) is 2.91. The highest BCUT2D eigenvalue weighted by molar-refractivity contribution is 6.31. The quantitative estimate of drug-likeness (QED) is 0.434. The van der Waals surface area contributed by atoms with Crippen molar-refractivity contribution in [2.24, 2.45) is 0 Å². The van der Waals surface area contributed by atoms with Crippen LogP contribution in [0.2, 0.25) is 5.02 Å². The summed E-state index contributed by atoms with van der Waals surface area (Å²) in [4.78, 5) is 48.1. The molecule has 0 spiro atoms. The molecule has 1 aliphatic heterocycles. The number of nitrogens with zero attached hydrogens (tertiary/aromatic N) is 3. The summed E-state index contributed by atoms with van der Waals surface area (Å²) >= 11 is 6.19. The number of hydrazine groups is 1. The Morgan fingerprint density at radius 1 is 1.07 bits per heavy atom. The van der Waals surface area contributed by atoms with Crippen LogP contribution < -0.4 is 0 Å². The Morgan fingerprint density at radius 3 is 2.25 bits per heavy atom. The summed E-state index contributed by atoms with van der Waals surface area (Å²) in [5, 5.41) is 13.1. The molecule has 2 aromatic carbocycles. The molecular formula is C19H16ClN3O5. The van der Waals surface area contributed by atoms with Crippen LogP contribution in [0.1, 0.15) is 35.2 Å². The van der Waals surface area contributed by atoms with Crippen molar-refractivity contribution >= 4 is 35.0 Å². The second-order valence-corrected chi connectivity index (χ2v) is 6.62. The van der Waals surface area contributed by atoms with Crippen LogP contribution in [-0.4, -0.2) is 32.7 Å². The van der Waals surface area contributed by atoms with Crippen LogP contribution in [0.15, 0.2) is 48.5 Å². The monoisotopic (exact) mass is 401 g/mol. The Balaban J connectivity index is 1.98. The first-order valence-electron chi connectivity index (χ1n) is 8.54. The Bertz CT molecular complexity index is 929. The van der Waals surface area contributed by atoms with Crippen molar-refractivity contribution in [1.82, 2.24) is 10.0 Å². The maximum atomic E-state index is 13.1. The summed E-state index contributed by atoms with van der Waals surface area (Å²) in [6.07, 6.45) is 0.733. The number of benzene rings is 2. The van der Waals surface area contributed by atoms with Gasteiger partial charge in [-0.2, -0.15) is 5.01 Å². The number of amides is 3. The van der Waals surface area contributed by atoms with E-state index >= 15 is 0 Å². The molecule has 0 bridgehead atoms. The van der Waals surface area contributed by atoms with Crippen molar-refractivity contribution < 1.29 is 19.3 Å². The van der Waals surface area contributed by atoms with Crippen LogP contribution in [-0.2, 0) is 16.1 Å². The van der Waals surface area contributed by atoms with E-state index in [0.717, 1.165) is 10.0 Å². The molecule has 0 aliphatic carbocycles. The fourth-order valence-corrected chi connectivity index (χ4v) is 3.10. The zero-order valence-electron chi connectivity index (χ0n) is 14.7. The predicted octanol–water partition coefficient (Wildman–Crippen LogP) is 3.34. The largest absolute Gasteiger partial charge is 0.273 e. The molecule has 0 saturated carbocycles. The van der Waals surface area contributed by atoms with Gasteiger partial charge in [-0.1, -0.05) is 29.8 Å². The average molecular weight is 402 g/mol. The van der Waals surface area contributed by atoms with Crippen molar-refractivity contribution in [2.75, 3.05) is 0 Å². The van der Waals surface area contributed by atoms with Gasteiger partial charge in [-0.05, 0) is 30.2 Å². The highest BCUT2D eigenvalue weighted by Crippen LogP contribution is 2.24. The number of non-ortho nitro benzene ring substituents is 1. The van der Waals surface area contributed by atoms with Gasteiger partial charge in [0.15, 0.2) is 0 Å². The minimum absolute atomic E-state index is 0.0903. The Morgan fingerprint density at radius 2 is 1.68 bits per heavy atom. The number of imide groups is 1. The van der Waals surface area contributed by atoms with Crippen molar-refractivity contribution in [1.29, 1.82) is 0 Å². The van der Waals surface area contributed by atoms with Crippen molar-refractivity contribution in [3.05, 3.63) is 74.8 Å². The van der Waals surface area contributed by atoms with Gasteiger partial charge in [-0.15, -0.1) is 0 Å². The molecule has 1 heterocycles. The van der Waals surface area contributed by atoms with E-state index in [0.29, 0.717) is 17.0 Å². The number of halogens is 1. The van der Waals surface area contributed by atoms with Gasteiger partial charge in [0.2, 0.25) is 11.8 Å². The highest BCUT2D eigenvalue weighted by atomic mass is 35.5. The number of carbonyl (C=O) groups excluding carboxylic acids is 3. The SMILES string of the molecule is O=C(c1ccc([N+](=O)[O-])cc1)N(Cc1ccccc1Cl)N1C(=O)CCCC1=O. The topological polar surface area (TPSA) is 101 Å². The number of hydrogen-bond acceptors (Lipinski definition) is 5. The molecule has 3 amide bonds. The van der Waals surface area contributed by atoms with Crippen LogP contribution in [0.5, 0.6) is 0 Å². The van der Waals surface area contributed by atoms with Crippen molar-refractivity contribution in [2.45, 2.75) is 25.8 Å². The van der Waals surface area contributed by atoms with E-state index in [4.69, 9.17) is 11.6 Å². The molecule has 3 rings (SSSR count). The van der Waals surface area contributed by atoms with Gasteiger partial charge in [0.05, 0.1) is 11.5 Å². The standard InChI is InChI=1S/C19H16ClN3O5/c20-16-5-2-1-4-14(16)12-21(22-17(24)6-3-7-18(22)25)19(26)13-8-10-15(11-9-13)23(27)28/h1-2,4-5,8-11H,3,6-7,12H2. The fraction of sp³-hybridized carbons (Fsp3) is 0.211. The van der Waals surface area contributed by atoms with E-state index in [1.165, 1.54) is 24.3 Å². The first kappa shape index (κ1) is 19.5. The maximum Gasteiger partial charge on any atom is 0.273 e. The van der Waals surface area contributed by atoms with Gasteiger partial charge < -0.3 is 0 Å². The lowest BCUT2D eigenvalue weighted by atomic mass is 10.1. The third-order valence-corrected chi connectivity index (χ3v) is 4.70. The third-order valence-electron chi connectivity index (χ3n) is 4.33. The molecule has 28 heavy (non-hydrogen) atoms. The first-order chi connectivity index (χ1) is 13.4. The zero-order chi connectivity index (χ0) is 20.3. The smallest absolute Gasteiger partial charge is 0.273 e. The number of rotatable bonds is 5. The van der Waals surface area contributed by atoms with E-state index in [9.17, 15) is 24.5 Å². The number of nitro groups is 1. The molecule has 0 unspecified atom stereocenters. The van der Waals surface area contributed by atoms with Gasteiger partial charge in [-0.25, -0.2) is 5.01 Å². The molecule has 0 atom stereocenters. The Labute approximate surface area is 165 Å². The second kappa shape index (κ2) is 8.18. The lowest BCUT2D eigenvalue weighted by Gasteiger charge is -2.35. The summed E-state index contributed by atoms with van der Waals surface area (Å²) in [5.74, 6) is -1.57. The zero-order valence-corrected chi connectivity index (χ0v) is 15.5. The molecule has 1 aliphatic rings. The molecule has 9 heteroatoms. The number of carbonyl (C=O) groups is 3. The Hall–Kier alpha value is -3.26. The molecule has 0 N–H and O–H groups in total. The van der Waals surface area contributed by atoms with Gasteiger partial charge in [0.25, 0.3) is 11.6 Å². The molecule has 144 valence electrons. The van der Waals surface area contributed by atoms with Gasteiger partial charge in [0, 0.05) is 35.6 Å². The second-order valence-electron chi connectivity index (χ2n) is 6.21. The minimum Gasteiger partial charge on any atom is -0.273 e. The van der Waals surface area contributed by atoms with E-state index in [2.05, 4.69) is 0 Å². The molecule has 1 saturated heterocycles. The molecule has 8 nitrogen and oxygen atoms in total. The summed E-state index contributed by atoms with van der Waals surface area (Å²) in [5.41, 5.74) is 0.508. The van der Waals surface area contributed by atoms with E-state index in [1.807, 2.05) is 0 Å². The van der Waals surface area contributed by atoms with Gasteiger partial charge >= 0.3 is 0 Å². The lowest BCUT2D eigenvalue weighted by molar-refractivity contribution is -0.384. The van der Waals surface area contributed by atoms with Gasteiger partial charge in [0.1, 0.15) is 0 Å².